The predicted octanol–water partition coefficient (Wildman–Crippen LogP) is 2.44. The lowest BCUT2D eigenvalue weighted by Crippen LogP contribution is -2.29. The van der Waals surface area contributed by atoms with Gasteiger partial charge in [-0.15, -0.1) is 0 Å². The van der Waals surface area contributed by atoms with Crippen molar-refractivity contribution in [3.05, 3.63) is 40.0 Å². The number of carbonyl (C=O) groups is 2. The van der Waals surface area contributed by atoms with Crippen LogP contribution in [0.5, 0.6) is 5.75 Å². The zero-order chi connectivity index (χ0) is 17.6. The number of non-ortho nitro benzene ring substituents is 1. The molecule has 0 saturated carbocycles. The third kappa shape index (κ3) is 5.42. The standard InChI is InChI=1S/C15H18N2O6/c1-9(2)7-14(18)23-10(3)15(19)16-12-8-11(17(20)21)5-6-13(12)22-4/h5-8,10H,1-4H3,(H,16,19)/t10-/m1/s1. The molecule has 1 aromatic carbocycles. The van der Waals surface area contributed by atoms with Crippen molar-refractivity contribution in [3.8, 4) is 5.75 Å². The number of benzene rings is 1. The van der Waals surface area contributed by atoms with Crippen molar-refractivity contribution in [1.29, 1.82) is 0 Å². The number of esters is 1. The van der Waals surface area contributed by atoms with E-state index in [4.69, 9.17) is 9.47 Å². The molecule has 1 rings (SSSR count). The predicted molar refractivity (Wildman–Crippen MR) is 83.3 cm³/mol. The molecule has 23 heavy (non-hydrogen) atoms. The molecule has 0 aromatic heterocycles. The second kappa shape index (κ2) is 7.92. The van der Waals surface area contributed by atoms with Crippen LogP contribution < -0.4 is 10.1 Å². The molecule has 0 bridgehead atoms. The Hall–Kier alpha value is -2.90. The van der Waals surface area contributed by atoms with Crippen molar-refractivity contribution in [2.24, 2.45) is 0 Å². The van der Waals surface area contributed by atoms with Gasteiger partial charge in [0.25, 0.3) is 11.6 Å². The van der Waals surface area contributed by atoms with Crippen LogP contribution in [0.15, 0.2) is 29.8 Å². The lowest BCUT2D eigenvalue weighted by atomic mass is 10.2. The highest BCUT2D eigenvalue weighted by atomic mass is 16.6. The van der Waals surface area contributed by atoms with E-state index in [-0.39, 0.29) is 17.1 Å². The number of hydrogen-bond donors (Lipinski definition) is 1. The van der Waals surface area contributed by atoms with Gasteiger partial charge in [0.2, 0.25) is 0 Å². The van der Waals surface area contributed by atoms with Gasteiger partial charge >= 0.3 is 5.97 Å². The number of carbonyl (C=O) groups excluding carboxylic acids is 2. The van der Waals surface area contributed by atoms with Gasteiger partial charge in [0, 0.05) is 18.2 Å². The zero-order valence-corrected chi connectivity index (χ0v) is 13.3. The lowest BCUT2D eigenvalue weighted by molar-refractivity contribution is -0.384. The highest BCUT2D eigenvalue weighted by Gasteiger charge is 2.20. The highest BCUT2D eigenvalue weighted by molar-refractivity contribution is 5.97. The number of methoxy groups -OCH3 is 1. The van der Waals surface area contributed by atoms with Gasteiger partial charge in [-0.05, 0) is 26.8 Å². The maximum atomic E-state index is 12.0. The van der Waals surface area contributed by atoms with Gasteiger partial charge in [-0.2, -0.15) is 0 Å². The molecule has 8 nitrogen and oxygen atoms in total. The first-order valence-corrected chi connectivity index (χ1v) is 6.73. The third-order valence-corrected chi connectivity index (χ3v) is 2.72. The van der Waals surface area contributed by atoms with Crippen LogP contribution >= 0.6 is 0 Å². The first-order valence-electron chi connectivity index (χ1n) is 6.73. The van der Waals surface area contributed by atoms with Gasteiger partial charge in [-0.3, -0.25) is 14.9 Å². The number of amides is 1. The van der Waals surface area contributed by atoms with Crippen LogP contribution in [0.1, 0.15) is 20.8 Å². The van der Waals surface area contributed by atoms with Crippen molar-refractivity contribution in [2.75, 3.05) is 12.4 Å². The Morgan fingerprint density at radius 2 is 2.00 bits per heavy atom. The average Bonchev–Trinajstić information content (AvgIpc) is 2.45. The topological polar surface area (TPSA) is 108 Å². The zero-order valence-electron chi connectivity index (χ0n) is 13.3. The van der Waals surface area contributed by atoms with Crippen LogP contribution in [0.2, 0.25) is 0 Å². The van der Waals surface area contributed by atoms with Crippen LogP contribution in [-0.4, -0.2) is 30.0 Å². The molecule has 0 unspecified atom stereocenters. The van der Waals surface area contributed by atoms with Crippen molar-refractivity contribution < 1.29 is 24.0 Å². The van der Waals surface area contributed by atoms with E-state index in [2.05, 4.69) is 5.32 Å². The summed E-state index contributed by atoms with van der Waals surface area (Å²) in [5.74, 6) is -1.01. The number of nitro benzene ring substituents is 1. The molecule has 1 atom stereocenters. The molecule has 0 radical (unpaired) electrons. The molecule has 0 spiro atoms. The van der Waals surface area contributed by atoms with Gasteiger partial charge in [0.1, 0.15) is 5.75 Å². The van der Waals surface area contributed by atoms with E-state index >= 15 is 0 Å². The number of ether oxygens (including phenoxy) is 2. The molecule has 0 aliphatic rings. The fourth-order valence-electron chi connectivity index (χ4n) is 1.64. The smallest absolute Gasteiger partial charge is 0.331 e. The summed E-state index contributed by atoms with van der Waals surface area (Å²) >= 11 is 0. The van der Waals surface area contributed by atoms with Gasteiger partial charge < -0.3 is 14.8 Å². The molecule has 0 fully saturated rings. The minimum atomic E-state index is -1.07. The van der Waals surface area contributed by atoms with E-state index in [0.29, 0.717) is 0 Å². The third-order valence-electron chi connectivity index (χ3n) is 2.72. The highest BCUT2D eigenvalue weighted by Crippen LogP contribution is 2.29. The first-order chi connectivity index (χ1) is 10.7. The molecule has 8 heteroatoms. The van der Waals surface area contributed by atoms with E-state index in [1.165, 1.54) is 38.3 Å². The second-order valence-corrected chi connectivity index (χ2v) is 4.93. The number of nitrogens with zero attached hydrogens (tertiary/aromatic N) is 1. The van der Waals surface area contributed by atoms with Crippen LogP contribution in [0.4, 0.5) is 11.4 Å². The van der Waals surface area contributed by atoms with Crippen LogP contribution in [0.3, 0.4) is 0 Å². The molecule has 1 N–H and O–H groups in total. The van der Waals surface area contributed by atoms with Crippen LogP contribution in [-0.2, 0) is 14.3 Å². The molecule has 124 valence electrons. The van der Waals surface area contributed by atoms with E-state index < -0.39 is 22.9 Å². The number of nitro groups is 1. The summed E-state index contributed by atoms with van der Waals surface area (Å²) in [6.45, 7) is 4.84. The molecule has 1 aromatic rings. The number of rotatable bonds is 6. The maximum absolute atomic E-state index is 12.0. The minimum absolute atomic E-state index is 0.122. The number of nitrogens with one attached hydrogen (secondary N) is 1. The van der Waals surface area contributed by atoms with Crippen LogP contribution in [0.25, 0.3) is 0 Å². The molecule has 0 aliphatic heterocycles. The Morgan fingerprint density at radius 3 is 2.52 bits per heavy atom. The Balaban J connectivity index is 2.87. The van der Waals surface area contributed by atoms with Crippen molar-refractivity contribution in [1.82, 2.24) is 0 Å². The summed E-state index contributed by atoms with van der Waals surface area (Å²) in [4.78, 5) is 33.8. The maximum Gasteiger partial charge on any atom is 0.331 e. The van der Waals surface area contributed by atoms with E-state index in [1.807, 2.05) is 0 Å². The molecule has 0 aliphatic carbocycles. The summed E-state index contributed by atoms with van der Waals surface area (Å²) < 4.78 is 9.98. The van der Waals surface area contributed by atoms with Crippen molar-refractivity contribution in [3.63, 3.8) is 0 Å². The summed E-state index contributed by atoms with van der Waals surface area (Å²) in [6, 6.07) is 3.79. The second-order valence-electron chi connectivity index (χ2n) is 4.93. The summed E-state index contributed by atoms with van der Waals surface area (Å²) in [6.07, 6.45) is 0.194. The number of anilines is 1. The van der Waals surface area contributed by atoms with Crippen molar-refractivity contribution in [2.45, 2.75) is 26.9 Å². The van der Waals surface area contributed by atoms with Crippen LogP contribution in [0, 0.1) is 10.1 Å². The SMILES string of the molecule is COc1ccc([N+](=O)[O-])cc1NC(=O)[C@@H](C)OC(=O)C=C(C)C. The number of hydrogen-bond acceptors (Lipinski definition) is 6. The summed E-state index contributed by atoms with van der Waals surface area (Å²) in [5, 5.41) is 13.2. The quantitative estimate of drug-likeness (QED) is 0.373. The largest absolute Gasteiger partial charge is 0.495 e. The van der Waals surface area contributed by atoms with Gasteiger partial charge in [0.05, 0.1) is 17.7 Å². The lowest BCUT2D eigenvalue weighted by Gasteiger charge is -2.14. The van der Waals surface area contributed by atoms with Crippen molar-refractivity contribution >= 4 is 23.3 Å². The molecule has 1 amide bonds. The normalized spacial score (nSPS) is 11.1. The van der Waals surface area contributed by atoms with Gasteiger partial charge in [-0.25, -0.2) is 4.79 Å². The average molecular weight is 322 g/mol. The Labute approximate surface area is 133 Å². The van der Waals surface area contributed by atoms with E-state index in [1.54, 1.807) is 13.8 Å². The monoisotopic (exact) mass is 322 g/mol. The number of allylic oxidation sites excluding steroid dienone is 1. The fraction of sp³-hybridized carbons (Fsp3) is 0.333. The van der Waals surface area contributed by atoms with E-state index in [9.17, 15) is 19.7 Å². The van der Waals surface area contributed by atoms with E-state index in [0.717, 1.165) is 5.57 Å². The molecular formula is C15H18N2O6. The molecule has 0 heterocycles. The molecule has 0 saturated heterocycles. The Bertz CT molecular complexity index is 649. The van der Waals surface area contributed by atoms with Gasteiger partial charge in [-0.1, -0.05) is 5.57 Å². The Kier molecular flexibility index (Phi) is 6.25. The molecular weight excluding hydrogens is 304 g/mol. The Morgan fingerprint density at radius 1 is 1.35 bits per heavy atom. The summed E-state index contributed by atoms with van der Waals surface area (Å²) in [7, 11) is 1.37. The summed E-state index contributed by atoms with van der Waals surface area (Å²) in [5.41, 5.74) is 0.662. The van der Waals surface area contributed by atoms with Gasteiger partial charge in [0.15, 0.2) is 6.10 Å². The first kappa shape index (κ1) is 18.1. The fourth-order valence-corrected chi connectivity index (χ4v) is 1.64. The minimum Gasteiger partial charge on any atom is -0.495 e.